The van der Waals surface area contributed by atoms with Gasteiger partial charge in [0.25, 0.3) is 0 Å². The predicted molar refractivity (Wildman–Crippen MR) is 115 cm³/mol. The number of pyridine rings is 1. The number of alkyl halides is 3. The van der Waals surface area contributed by atoms with Crippen molar-refractivity contribution in [2.75, 3.05) is 11.4 Å². The van der Waals surface area contributed by atoms with Crippen molar-refractivity contribution in [3.63, 3.8) is 0 Å². The molecular weight excluding hydrogens is 403 g/mol. The van der Waals surface area contributed by atoms with Gasteiger partial charge in [0, 0.05) is 30.5 Å². The highest BCUT2D eigenvalue weighted by Crippen LogP contribution is 2.28. The molecule has 3 aromatic rings. The summed E-state index contributed by atoms with van der Waals surface area (Å²) in [6, 6.07) is 16.2. The molecule has 2 aromatic carbocycles. The van der Waals surface area contributed by atoms with E-state index in [-0.39, 0.29) is 18.9 Å². The molecule has 162 valence electrons. The molecule has 3 rings (SSSR count). The van der Waals surface area contributed by atoms with E-state index >= 15 is 0 Å². The van der Waals surface area contributed by atoms with Crippen molar-refractivity contribution in [1.29, 1.82) is 0 Å². The highest BCUT2D eigenvalue weighted by molar-refractivity contribution is 5.97. The van der Waals surface area contributed by atoms with Crippen LogP contribution < -0.4 is 10.6 Å². The standard InChI is InChI=1S/C24H24F3N3O/c1-16-8-11-21(14-17(16)2)30(23(31)22(28)18-6-4-3-5-7-18)13-12-20-10-9-19(15-29-20)24(25,26)27/h3-11,14-15,22H,12-13,28H2,1-2H3. The number of nitrogens with zero attached hydrogens (tertiary/aromatic N) is 2. The number of amides is 1. The third kappa shape index (κ3) is 5.49. The summed E-state index contributed by atoms with van der Waals surface area (Å²) < 4.78 is 38.3. The first-order valence-electron chi connectivity index (χ1n) is 9.88. The van der Waals surface area contributed by atoms with E-state index in [2.05, 4.69) is 4.98 Å². The highest BCUT2D eigenvalue weighted by Gasteiger charge is 2.30. The molecule has 4 nitrogen and oxygen atoms in total. The maximum Gasteiger partial charge on any atom is 0.417 e. The topological polar surface area (TPSA) is 59.2 Å². The molecule has 1 unspecified atom stereocenters. The van der Waals surface area contributed by atoms with Crippen LogP contribution in [0.3, 0.4) is 0 Å². The number of carbonyl (C=O) groups is 1. The Balaban J connectivity index is 1.85. The van der Waals surface area contributed by atoms with Gasteiger partial charge >= 0.3 is 6.18 Å². The molecule has 0 spiro atoms. The van der Waals surface area contributed by atoms with Gasteiger partial charge in [0.2, 0.25) is 5.91 Å². The van der Waals surface area contributed by atoms with E-state index in [1.165, 1.54) is 6.07 Å². The molecular formula is C24H24F3N3O. The number of rotatable bonds is 6. The van der Waals surface area contributed by atoms with Gasteiger partial charge in [-0.3, -0.25) is 9.78 Å². The molecule has 0 fully saturated rings. The number of hydrogen-bond donors (Lipinski definition) is 1. The molecule has 0 aliphatic rings. The number of benzene rings is 2. The molecule has 1 aromatic heterocycles. The molecule has 0 saturated heterocycles. The van der Waals surface area contributed by atoms with Gasteiger partial charge in [-0.15, -0.1) is 0 Å². The van der Waals surface area contributed by atoms with Gasteiger partial charge in [-0.2, -0.15) is 13.2 Å². The van der Waals surface area contributed by atoms with Gasteiger partial charge in [-0.05, 0) is 54.8 Å². The van der Waals surface area contributed by atoms with Gasteiger partial charge in [0.1, 0.15) is 6.04 Å². The zero-order valence-corrected chi connectivity index (χ0v) is 17.4. The van der Waals surface area contributed by atoms with Crippen LogP contribution in [0, 0.1) is 13.8 Å². The fourth-order valence-corrected chi connectivity index (χ4v) is 3.20. The van der Waals surface area contributed by atoms with Crippen molar-refractivity contribution in [2.45, 2.75) is 32.5 Å². The monoisotopic (exact) mass is 427 g/mol. The number of anilines is 1. The molecule has 0 aliphatic carbocycles. The van der Waals surface area contributed by atoms with Gasteiger partial charge in [-0.1, -0.05) is 36.4 Å². The Hall–Kier alpha value is -3.19. The van der Waals surface area contributed by atoms with Gasteiger partial charge in [-0.25, -0.2) is 0 Å². The van der Waals surface area contributed by atoms with Crippen molar-refractivity contribution in [1.82, 2.24) is 4.98 Å². The van der Waals surface area contributed by atoms with Gasteiger partial charge in [0.05, 0.1) is 5.56 Å². The average molecular weight is 427 g/mol. The maximum atomic E-state index is 13.3. The molecule has 1 atom stereocenters. The minimum Gasteiger partial charge on any atom is -0.316 e. The zero-order chi connectivity index (χ0) is 22.6. The summed E-state index contributed by atoms with van der Waals surface area (Å²) in [7, 11) is 0. The number of halogens is 3. The van der Waals surface area contributed by atoms with Crippen molar-refractivity contribution in [3.8, 4) is 0 Å². The summed E-state index contributed by atoms with van der Waals surface area (Å²) in [5.74, 6) is -0.290. The molecule has 0 bridgehead atoms. The Morgan fingerprint density at radius 1 is 1.03 bits per heavy atom. The quantitative estimate of drug-likeness (QED) is 0.603. The van der Waals surface area contributed by atoms with E-state index in [9.17, 15) is 18.0 Å². The first-order chi connectivity index (χ1) is 14.7. The minimum absolute atomic E-state index is 0.236. The molecule has 1 amide bonds. The zero-order valence-electron chi connectivity index (χ0n) is 17.4. The van der Waals surface area contributed by atoms with Crippen molar-refractivity contribution >= 4 is 11.6 Å². The second kappa shape index (κ2) is 9.31. The van der Waals surface area contributed by atoms with Crippen LogP contribution >= 0.6 is 0 Å². The van der Waals surface area contributed by atoms with Crippen LogP contribution in [0.5, 0.6) is 0 Å². The van der Waals surface area contributed by atoms with E-state index in [4.69, 9.17) is 5.73 Å². The third-order valence-electron chi connectivity index (χ3n) is 5.24. The molecule has 0 aliphatic heterocycles. The second-order valence-corrected chi connectivity index (χ2v) is 7.43. The Labute approximate surface area is 179 Å². The Morgan fingerprint density at radius 2 is 1.74 bits per heavy atom. The molecule has 0 saturated carbocycles. The predicted octanol–water partition coefficient (Wildman–Crippen LogP) is 4.99. The van der Waals surface area contributed by atoms with Gasteiger partial charge in [0.15, 0.2) is 0 Å². The minimum atomic E-state index is -4.44. The van der Waals surface area contributed by atoms with E-state index in [1.54, 1.807) is 17.0 Å². The number of carbonyl (C=O) groups excluding carboxylic acids is 1. The molecule has 1 heterocycles. The lowest BCUT2D eigenvalue weighted by atomic mass is 10.0. The first-order valence-corrected chi connectivity index (χ1v) is 9.88. The third-order valence-corrected chi connectivity index (χ3v) is 5.24. The van der Waals surface area contributed by atoms with E-state index in [1.807, 2.05) is 50.2 Å². The summed E-state index contributed by atoms with van der Waals surface area (Å²) in [5.41, 5.74) is 9.40. The number of aromatic nitrogens is 1. The Kier molecular flexibility index (Phi) is 6.75. The van der Waals surface area contributed by atoms with Crippen molar-refractivity contribution in [3.05, 3.63) is 94.8 Å². The SMILES string of the molecule is Cc1ccc(N(CCc2ccc(C(F)(F)F)cn2)C(=O)C(N)c2ccccc2)cc1C. The van der Waals surface area contributed by atoms with Gasteiger partial charge < -0.3 is 10.6 Å². The van der Waals surface area contributed by atoms with Crippen molar-refractivity contribution in [2.24, 2.45) is 5.73 Å². The van der Waals surface area contributed by atoms with Crippen LogP contribution in [0.1, 0.15) is 34.0 Å². The highest BCUT2D eigenvalue weighted by atomic mass is 19.4. The molecule has 31 heavy (non-hydrogen) atoms. The number of aryl methyl sites for hydroxylation is 2. The molecule has 2 N–H and O–H groups in total. The lowest BCUT2D eigenvalue weighted by Gasteiger charge is -2.27. The van der Waals surface area contributed by atoms with Crippen LogP contribution in [0.2, 0.25) is 0 Å². The van der Waals surface area contributed by atoms with E-state index in [0.717, 1.165) is 23.4 Å². The molecule has 0 radical (unpaired) electrons. The smallest absolute Gasteiger partial charge is 0.316 e. The lowest BCUT2D eigenvalue weighted by molar-refractivity contribution is -0.137. The fraction of sp³-hybridized carbons (Fsp3) is 0.250. The Morgan fingerprint density at radius 3 is 2.32 bits per heavy atom. The summed E-state index contributed by atoms with van der Waals surface area (Å²) >= 11 is 0. The summed E-state index contributed by atoms with van der Waals surface area (Å²) in [4.78, 5) is 18.8. The fourth-order valence-electron chi connectivity index (χ4n) is 3.20. The average Bonchev–Trinajstić information content (AvgIpc) is 2.76. The lowest BCUT2D eigenvalue weighted by Crippen LogP contribution is -2.40. The summed E-state index contributed by atoms with van der Waals surface area (Å²) in [5, 5.41) is 0. The summed E-state index contributed by atoms with van der Waals surface area (Å²) in [6.45, 7) is 4.17. The van der Waals surface area contributed by atoms with Crippen LogP contribution in [0.25, 0.3) is 0 Å². The van der Waals surface area contributed by atoms with Crippen LogP contribution in [0.15, 0.2) is 66.9 Å². The first kappa shape index (κ1) is 22.5. The van der Waals surface area contributed by atoms with Crippen molar-refractivity contribution < 1.29 is 18.0 Å². The van der Waals surface area contributed by atoms with Crippen LogP contribution in [-0.4, -0.2) is 17.4 Å². The Bertz CT molecular complexity index is 1030. The van der Waals surface area contributed by atoms with E-state index < -0.39 is 17.8 Å². The van der Waals surface area contributed by atoms with E-state index in [0.29, 0.717) is 16.9 Å². The number of nitrogens with two attached hydrogens (primary N) is 1. The summed E-state index contributed by atoms with van der Waals surface area (Å²) in [6.07, 6.45) is -3.33. The largest absolute Gasteiger partial charge is 0.417 e. The van der Waals surface area contributed by atoms with Crippen LogP contribution in [0.4, 0.5) is 18.9 Å². The van der Waals surface area contributed by atoms with Crippen LogP contribution in [-0.2, 0) is 17.4 Å². The maximum absolute atomic E-state index is 13.3. The normalized spacial score (nSPS) is 12.5. The second-order valence-electron chi connectivity index (χ2n) is 7.43. The number of hydrogen-bond acceptors (Lipinski definition) is 3. The molecule has 7 heteroatoms.